The van der Waals surface area contributed by atoms with Crippen LogP contribution in [0.1, 0.15) is 76.2 Å². The average molecular weight is 480 g/mol. The molecule has 2 N–H and O–H groups in total. The molecular weight excluding hydrogens is 438 g/mol. The molecule has 35 heavy (non-hydrogen) atoms. The molecule has 1 saturated carbocycles. The molecule has 0 bridgehead atoms. The Morgan fingerprint density at radius 3 is 2.71 bits per heavy atom. The van der Waals surface area contributed by atoms with Gasteiger partial charge < -0.3 is 14.8 Å². The summed E-state index contributed by atoms with van der Waals surface area (Å²) < 4.78 is 6.42. The Morgan fingerprint density at radius 1 is 1.20 bits per heavy atom. The van der Waals surface area contributed by atoms with Crippen LogP contribution >= 0.6 is 0 Å². The summed E-state index contributed by atoms with van der Waals surface area (Å²) in [7, 11) is 0. The number of fused-ring (bicyclic) bond motifs is 1. The molecule has 3 aliphatic rings. The fourth-order valence-electron chi connectivity index (χ4n) is 6.63. The van der Waals surface area contributed by atoms with E-state index >= 15 is 0 Å². The summed E-state index contributed by atoms with van der Waals surface area (Å²) in [6, 6.07) is 3.78. The van der Waals surface area contributed by atoms with Gasteiger partial charge in [-0.15, -0.1) is 0 Å². The van der Waals surface area contributed by atoms with Gasteiger partial charge in [0.15, 0.2) is 5.78 Å². The smallest absolute Gasteiger partial charge is 0.309 e. The number of hydrogen-bond acceptors (Lipinski definition) is 3. The van der Waals surface area contributed by atoms with Crippen molar-refractivity contribution < 1.29 is 19.4 Å². The SMILES string of the molecule is CC/C(=C\C=C\[C@@H]1C=C[C@@H]2CCC[C@H]2[C@@H]1C(=O)c1ccc[nH]1)[C@@H]1O[C@@H]([C@@H](CC)C(=O)O)CC[C@@H]1C. The first-order valence-corrected chi connectivity index (χ1v) is 13.6. The van der Waals surface area contributed by atoms with Gasteiger partial charge in [-0.3, -0.25) is 9.59 Å². The van der Waals surface area contributed by atoms with Crippen LogP contribution in [0.3, 0.4) is 0 Å². The molecule has 190 valence electrons. The Hall–Kier alpha value is -2.40. The van der Waals surface area contributed by atoms with Gasteiger partial charge in [0.05, 0.1) is 23.8 Å². The maximum Gasteiger partial charge on any atom is 0.309 e. The number of hydrogen-bond donors (Lipinski definition) is 2. The molecule has 2 aliphatic carbocycles. The van der Waals surface area contributed by atoms with Gasteiger partial charge in [-0.2, -0.15) is 0 Å². The van der Waals surface area contributed by atoms with E-state index in [0.29, 0.717) is 29.9 Å². The van der Waals surface area contributed by atoms with Crippen molar-refractivity contribution in [3.63, 3.8) is 0 Å². The van der Waals surface area contributed by atoms with E-state index in [9.17, 15) is 14.7 Å². The Kier molecular flexibility index (Phi) is 8.48. The van der Waals surface area contributed by atoms with Gasteiger partial charge in [0.2, 0.25) is 0 Å². The number of aromatic nitrogens is 1. The van der Waals surface area contributed by atoms with E-state index < -0.39 is 11.9 Å². The van der Waals surface area contributed by atoms with Crippen molar-refractivity contribution >= 4 is 11.8 Å². The van der Waals surface area contributed by atoms with E-state index in [1.54, 1.807) is 0 Å². The Balaban J connectivity index is 1.53. The van der Waals surface area contributed by atoms with Gasteiger partial charge >= 0.3 is 5.97 Å². The number of aromatic amines is 1. The molecule has 2 fully saturated rings. The van der Waals surface area contributed by atoms with Crippen LogP contribution in [0.4, 0.5) is 0 Å². The highest BCUT2D eigenvalue weighted by Crippen LogP contribution is 2.46. The molecule has 0 aromatic carbocycles. The minimum Gasteiger partial charge on any atom is -0.481 e. The normalized spacial score (nSPS) is 34.1. The molecule has 1 saturated heterocycles. The van der Waals surface area contributed by atoms with Crippen molar-refractivity contribution in [2.24, 2.45) is 35.5 Å². The second kappa shape index (κ2) is 11.6. The number of carboxylic acids is 1. The number of carbonyl (C=O) groups excluding carboxylic acids is 1. The number of carboxylic acid groups (broad SMARTS) is 1. The van der Waals surface area contributed by atoms with Gasteiger partial charge in [0.25, 0.3) is 0 Å². The highest BCUT2D eigenvalue weighted by molar-refractivity contribution is 5.97. The van der Waals surface area contributed by atoms with Gasteiger partial charge in [0, 0.05) is 18.0 Å². The largest absolute Gasteiger partial charge is 0.481 e. The summed E-state index contributed by atoms with van der Waals surface area (Å²) in [5.41, 5.74) is 1.91. The number of H-pyrrole nitrogens is 1. The summed E-state index contributed by atoms with van der Waals surface area (Å²) >= 11 is 0. The summed E-state index contributed by atoms with van der Waals surface area (Å²) in [5.74, 6) is 0.323. The van der Waals surface area contributed by atoms with Crippen molar-refractivity contribution in [2.75, 3.05) is 0 Å². The topological polar surface area (TPSA) is 79.4 Å². The molecule has 5 heteroatoms. The average Bonchev–Trinajstić information content (AvgIpc) is 3.55. The lowest BCUT2D eigenvalue weighted by Gasteiger charge is -2.38. The van der Waals surface area contributed by atoms with E-state index in [1.165, 1.54) is 18.4 Å². The van der Waals surface area contributed by atoms with Crippen LogP contribution in [0.15, 0.2) is 54.3 Å². The van der Waals surface area contributed by atoms with E-state index in [4.69, 9.17) is 4.74 Å². The van der Waals surface area contributed by atoms with Crippen molar-refractivity contribution in [3.8, 4) is 0 Å². The van der Waals surface area contributed by atoms with Crippen LogP contribution in [-0.2, 0) is 9.53 Å². The molecule has 1 aromatic rings. The lowest BCUT2D eigenvalue weighted by atomic mass is 9.69. The summed E-state index contributed by atoms with van der Waals surface area (Å²) in [4.78, 5) is 28.3. The fraction of sp³-hybridized carbons (Fsp3) is 0.600. The van der Waals surface area contributed by atoms with E-state index in [0.717, 1.165) is 25.7 Å². The quantitative estimate of drug-likeness (QED) is 0.237. The second-order valence-electron chi connectivity index (χ2n) is 10.7. The third kappa shape index (κ3) is 5.55. The van der Waals surface area contributed by atoms with E-state index in [-0.39, 0.29) is 29.8 Å². The summed E-state index contributed by atoms with van der Waals surface area (Å²) in [6.45, 7) is 6.26. The Morgan fingerprint density at radius 2 is 2.03 bits per heavy atom. The number of rotatable bonds is 9. The van der Waals surface area contributed by atoms with Crippen LogP contribution in [0.2, 0.25) is 0 Å². The van der Waals surface area contributed by atoms with Gasteiger partial charge in [0.1, 0.15) is 0 Å². The molecule has 5 nitrogen and oxygen atoms in total. The van der Waals surface area contributed by atoms with Crippen LogP contribution in [-0.4, -0.2) is 34.1 Å². The van der Waals surface area contributed by atoms with Crippen molar-refractivity contribution in [3.05, 3.63) is 60.0 Å². The third-order valence-electron chi connectivity index (χ3n) is 8.62. The van der Waals surface area contributed by atoms with Crippen LogP contribution in [0.5, 0.6) is 0 Å². The van der Waals surface area contributed by atoms with Gasteiger partial charge in [-0.05, 0) is 74.0 Å². The first-order chi connectivity index (χ1) is 16.9. The summed E-state index contributed by atoms with van der Waals surface area (Å²) in [5, 5.41) is 9.62. The zero-order valence-electron chi connectivity index (χ0n) is 21.4. The maximum absolute atomic E-state index is 13.5. The number of nitrogens with one attached hydrogen (secondary N) is 1. The molecule has 4 rings (SSSR count). The predicted molar refractivity (Wildman–Crippen MR) is 138 cm³/mol. The molecule has 1 aliphatic heterocycles. The molecule has 0 spiro atoms. The lowest BCUT2D eigenvalue weighted by Crippen LogP contribution is -2.41. The molecule has 0 amide bonds. The van der Waals surface area contributed by atoms with Crippen LogP contribution in [0.25, 0.3) is 0 Å². The minimum absolute atomic E-state index is 0.0315. The molecular formula is C30H41NO4. The van der Waals surface area contributed by atoms with Crippen LogP contribution < -0.4 is 0 Å². The molecule has 0 unspecified atom stereocenters. The molecule has 2 heterocycles. The van der Waals surface area contributed by atoms with Gasteiger partial charge in [-0.1, -0.05) is 57.6 Å². The minimum atomic E-state index is -0.764. The van der Waals surface area contributed by atoms with Crippen LogP contribution in [0, 0.1) is 35.5 Å². The van der Waals surface area contributed by atoms with E-state index in [1.807, 2.05) is 25.3 Å². The Bertz CT molecular complexity index is 959. The van der Waals surface area contributed by atoms with Crippen molar-refractivity contribution in [2.45, 2.75) is 77.9 Å². The lowest BCUT2D eigenvalue weighted by molar-refractivity contribution is -0.154. The first kappa shape index (κ1) is 25.7. The monoisotopic (exact) mass is 479 g/mol. The zero-order valence-corrected chi connectivity index (χ0v) is 21.4. The second-order valence-corrected chi connectivity index (χ2v) is 10.7. The zero-order chi connectivity index (χ0) is 24.9. The standard InChI is InChI=1S/C30H41NO4/c1-4-20(29-19(3)14-17-26(35-29)23(5-2)30(33)34)9-6-11-22-16-15-21-10-7-12-24(21)27(22)28(32)25-13-8-18-31-25/h6,8-9,11,13,15-16,18-19,21-24,26-27,29,31H,4-5,7,10,12,14,17H2,1-3H3,(H,33,34)/b11-6+,20-9+/t19-,21-,22+,23+,24+,26+,27+,29+/m0/s1. The van der Waals surface area contributed by atoms with Crippen molar-refractivity contribution in [1.29, 1.82) is 0 Å². The summed E-state index contributed by atoms with van der Waals surface area (Å²) in [6.07, 6.45) is 19.2. The number of carbonyl (C=O) groups is 2. The highest BCUT2D eigenvalue weighted by Gasteiger charge is 2.42. The van der Waals surface area contributed by atoms with E-state index in [2.05, 4.69) is 49.2 Å². The maximum atomic E-state index is 13.5. The number of ketones is 1. The molecule has 8 atom stereocenters. The Labute approximate surface area is 209 Å². The highest BCUT2D eigenvalue weighted by atomic mass is 16.5. The molecule has 0 radical (unpaired) electrons. The number of aliphatic carboxylic acids is 1. The van der Waals surface area contributed by atoms with Gasteiger partial charge in [-0.25, -0.2) is 0 Å². The number of ether oxygens (including phenoxy) is 1. The van der Waals surface area contributed by atoms with Crippen molar-refractivity contribution in [1.82, 2.24) is 4.98 Å². The third-order valence-corrected chi connectivity index (χ3v) is 8.62. The fourth-order valence-corrected chi connectivity index (χ4v) is 6.63. The number of Topliss-reactive ketones (excluding diaryl/α,β-unsaturated/α-hetero) is 1. The molecule has 1 aromatic heterocycles. The number of allylic oxidation sites excluding steroid dienone is 5. The first-order valence-electron chi connectivity index (χ1n) is 13.6. The predicted octanol–water partition coefficient (Wildman–Crippen LogP) is 6.60.